The molecule has 2 aliphatic heterocycles. The number of piperidine rings is 1. The summed E-state index contributed by atoms with van der Waals surface area (Å²) in [5.74, 6) is -0.190. The molecule has 5 rings (SSSR count). The van der Waals surface area contributed by atoms with Gasteiger partial charge in [0.15, 0.2) is 0 Å². The number of amides is 1. The Bertz CT molecular complexity index is 1500. The van der Waals surface area contributed by atoms with Crippen molar-refractivity contribution in [2.45, 2.75) is 43.5 Å². The smallest absolute Gasteiger partial charge is 0.416 e. The van der Waals surface area contributed by atoms with Crippen LogP contribution >= 0.6 is 0 Å². The number of rotatable bonds is 7. The Morgan fingerprint density at radius 2 is 1.86 bits per heavy atom. The lowest BCUT2D eigenvalue weighted by molar-refractivity contribution is -0.137. The van der Waals surface area contributed by atoms with Crippen LogP contribution in [0.2, 0.25) is 0 Å². The maximum Gasteiger partial charge on any atom is 0.416 e. The Morgan fingerprint density at radius 1 is 1.12 bits per heavy atom. The van der Waals surface area contributed by atoms with E-state index in [0.717, 1.165) is 25.1 Å². The van der Waals surface area contributed by atoms with Gasteiger partial charge in [-0.25, -0.2) is 0 Å². The third-order valence-electron chi connectivity index (χ3n) is 8.26. The number of nitrogens with zero attached hydrogens (tertiary/aromatic N) is 4. The maximum atomic E-state index is 14.0. The van der Waals surface area contributed by atoms with Crippen LogP contribution < -0.4 is 15.0 Å². The number of likely N-dealkylation sites (N-methyl/N-ethyl adjacent to an activating group) is 1. The third-order valence-corrected chi connectivity index (χ3v) is 8.26. The number of para-hydroxylation sites is 1. The summed E-state index contributed by atoms with van der Waals surface area (Å²) >= 11 is 0. The Balaban J connectivity index is 1.44. The van der Waals surface area contributed by atoms with Gasteiger partial charge in [-0.05, 0) is 74.8 Å². The van der Waals surface area contributed by atoms with E-state index < -0.39 is 23.8 Å². The van der Waals surface area contributed by atoms with Crippen LogP contribution in [0.4, 0.5) is 27.6 Å². The van der Waals surface area contributed by atoms with Crippen molar-refractivity contribution in [3.63, 3.8) is 0 Å². The predicted molar refractivity (Wildman–Crippen MR) is 150 cm³/mol. The van der Waals surface area contributed by atoms with Gasteiger partial charge in [0.2, 0.25) is 5.91 Å². The lowest BCUT2D eigenvalue weighted by atomic mass is 9.72. The van der Waals surface area contributed by atoms with Gasteiger partial charge in [0.1, 0.15) is 11.8 Å². The monoisotopic (exact) mass is 599 g/mol. The van der Waals surface area contributed by atoms with E-state index in [2.05, 4.69) is 19.9 Å². The quantitative estimate of drug-likeness (QED) is 0.357. The molecule has 1 atom stereocenters. The first-order valence-electron chi connectivity index (χ1n) is 13.9. The number of halogens is 5. The number of aromatic nitrogens is 1. The van der Waals surface area contributed by atoms with Gasteiger partial charge in [-0.3, -0.25) is 9.78 Å². The SMILES string of the molecule is CN1CC[C@@H](NC(=O)C2(c3ccc(-c4ccccc4OC(F)F)nc3)CCN(c3ccc(C(F)(F)F)cc3C#N)CC2)C1. The minimum Gasteiger partial charge on any atom is -0.434 e. The fraction of sp³-hybridized carbons (Fsp3) is 0.387. The van der Waals surface area contributed by atoms with Crippen LogP contribution in [0.1, 0.15) is 36.0 Å². The molecule has 0 aliphatic carbocycles. The second kappa shape index (κ2) is 12.2. The number of hydrogen-bond acceptors (Lipinski definition) is 6. The standard InChI is InChI=1S/C31H30F5N5O2/c1-40-13-10-23(19-40)39-28(42)30(22-6-8-25(38-18-22)24-4-2-3-5-27(24)43-29(32)33)11-14-41(15-12-30)26-9-7-21(31(34,35)36)16-20(26)17-37/h2-9,16,18,23,29H,10-15,19H2,1H3,(H,39,42)/t23-/m1/s1. The van der Waals surface area contributed by atoms with Gasteiger partial charge >= 0.3 is 12.8 Å². The lowest BCUT2D eigenvalue weighted by Gasteiger charge is -2.42. The molecule has 1 aromatic heterocycles. The van der Waals surface area contributed by atoms with Crippen molar-refractivity contribution < 1.29 is 31.5 Å². The molecule has 0 radical (unpaired) electrons. The number of anilines is 1. The normalized spacial score (nSPS) is 18.8. The highest BCUT2D eigenvalue weighted by Gasteiger charge is 2.44. The average molecular weight is 600 g/mol. The van der Waals surface area contributed by atoms with Gasteiger partial charge < -0.3 is 19.9 Å². The number of pyridine rings is 1. The second-order valence-electron chi connectivity index (χ2n) is 10.9. The number of carbonyl (C=O) groups is 1. The Hall–Kier alpha value is -4.24. The van der Waals surface area contributed by atoms with Crippen LogP contribution in [0.5, 0.6) is 5.75 Å². The minimum atomic E-state index is -4.57. The van der Waals surface area contributed by atoms with Crippen LogP contribution in [0.15, 0.2) is 60.8 Å². The molecule has 0 saturated carbocycles. The zero-order chi connectivity index (χ0) is 30.8. The van der Waals surface area contributed by atoms with Gasteiger partial charge in [-0.2, -0.15) is 27.2 Å². The Labute approximate surface area is 245 Å². The summed E-state index contributed by atoms with van der Waals surface area (Å²) in [6, 6.07) is 14.7. The molecule has 3 heterocycles. The van der Waals surface area contributed by atoms with Crippen molar-refractivity contribution in [3.8, 4) is 23.1 Å². The lowest BCUT2D eigenvalue weighted by Crippen LogP contribution is -2.54. The molecule has 12 heteroatoms. The molecule has 2 saturated heterocycles. The Kier molecular flexibility index (Phi) is 8.55. The summed E-state index contributed by atoms with van der Waals surface area (Å²) in [6.07, 6.45) is -1.55. The largest absolute Gasteiger partial charge is 0.434 e. The highest BCUT2D eigenvalue weighted by atomic mass is 19.4. The molecule has 2 fully saturated rings. The molecular weight excluding hydrogens is 569 g/mol. The van der Waals surface area contributed by atoms with E-state index in [9.17, 15) is 32.0 Å². The molecule has 226 valence electrons. The van der Waals surface area contributed by atoms with E-state index >= 15 is 0 Å². The first-order chi connectivity index (χ1) is 20.5. The molecule has 0 unspecified atom stereocenters. The van der Waals surface area contributed by atoms with Crippen molar-refractivity contribution in [3.05, 3.63) is 77.5 Å². The maximum absolute atomic E-state index is 14.0. The number of nitriles is 1. The van der Waals surface area contributed by atoms with Gasteiger partial charge in [-0.15, -0.1) is 0 Å². The van der Waals surface area contributed by atoms with E-state index in [4.69, 9.17) is 0 Å². The van der Waals surface area contributed by atoms with Gasteiger partial charge in [0.05, 0.1) is 27.9 Å². The van der Waals surface area contributed by atoms with E-state index in [0.29, 0.717) is 55.0 Å². The van der Waals surface area contributed by atoms with Gasteiger partial charge in [-0.1, -0.05) is 18.2 Å². The summed E-state index contributed by atoms with van der Waals surface area (Å²) < 4.78 is 70.3. The molecule has 1 amide bonds. The number of carbonyl (C=O) groups excluding carboxylic acids is 1. The van der Waals surface area contributed by atoms with Crippen LogP contribution in [0.25, 0.3) is 11.3 Å². The molecule has 2 aliphatic rings. The zero-order valence-electron chi connectivity index (χ0n) is 23.4. The van der Waals surface area contributed by atoms with Crippen LogP contribution in [0.3, 0.4) is 0 Å². The average Bonchev–Trinajstić information content (AvgIpc) is 3.40. The fourth-order valence-electron chi connectivity index (χ4n) is 5.94. The highest BCUT2D eigenvalue weighted by molar-refractivity contribution is 5.89. The zero-order valence-corrected chi connectivity index (χ0v) is 23.4. The number of alkyl halides is 5. The highest BCUT2D eigenvalue weighted by Crippen LogP contribution is 2.40. The summed E-state index contributed by atoms with van der Waals surface area (Å²) in [4.78, 5) is 22.5. The number of hydrogen-bond donors (Lipinski definition) is 1. The molecular formula is C31H30F5N5O2. The summed E-state index contributed by atoms with van der Waals surface area (Å²) in [5, 5.41) is 12.8. The van der Waals surface area contributed by atoms with Crippen LogP contribution in [0, 0.1) is 11.3 Å². The van der Waals surface area contributed by atoms with Crippen molar-refractivity contribution in [1.29, 1.82) is 5.26 Å². The van der Waals surface area contributed by atoms with Crippen molar-refractivity contribution in [2.24, 2.45) is 0 Å². The molecule has 2 aromatic carbocycles. The van der Waals surface area contributed by atoms with Gasteiger partial charge in [0, 0.05) is 37.4 Å². The fourth-order valence-corrected chi connectivity index (χ4v) is 5.94. The number of nitrogens with one attached hydrogen (secondary N) is 1. The predicted octanol–water partition coefficient (Wildman–Crippen LogP) is 5.60. The first kappa shape index (κ1) is 30.2. The molecule has 43 heavy (non-hydrogen) atoms. The number of benzene rings is 2. The van der Waals surface area contributed by atoms with E-state index in [1.54, 1.807) is 36.5 Å². The number of likely N-dealkylation sites (tertiary alicyclic amines) is 1. The third kappa shape index (κ3) is 6.41. The molecule has 3 aromatic rings. The summed E-state index contributed by atoms with van der Waals surface area (Å²) in [5.41, 5.74) is -0.188. The second-order valence-corrected chi connectivity index (χ2v) is 10.9. The van der Waals surface area contributed by atoms with Crippen LogP contribution in [-0.4, -0.2) is 61.7 Å². The molecule has 7 nitrogen and oxygen atoms in total. The summed E-state index contributed by atoms with van der Waals surface area (Å²) in [7, 11) is 1.98. The Morgan fingerprint density at radius 3 is 2.47 bits per heavy atom. The van der Waals surface area contributed by atoms with Crippen molar-refractivity contribution >= 4 is 11.6 Å². The molecule has 1 N–H and O–H groups in total. The van der Waals surface area contributed by atoms with E-state index in [1.165, 1.54) is 12.1 Å². The van der Waals surface area contributed by atoms with E-state index in [-0.39, 0.29) is 23.3 Å². The molecule has 0 bridgehead atoms. The first-order valence-corrected chi connectivity index (χ1v) is 13.9. The topological polar surface area (TPSA) is 81.5 Å². The minimum absolute atomic E-state index is 0.0197. The number of ether oxygens (including phenoxy) is 1. The van der Waals surface area contributed by atoms with E-state index in [1.807, 2.05) is 18.0 Å². The van der Waals surface area contributed by atoms with Crippen molar-refractivity contribution in [1.82, 2.24) is 15.2 Å². The van der Waals surface area contributed by atoms with Crippen LogP contribution in [-0.2, 0) is 16.4 Å². The summed E-state index contributed by atoms with van der Waals surface area (Å²) in [6.45, 7) is -0.815. The van der Waals surface area contributed by atoms with Gasteiger partial charge in [0.25, 0.3) is 0 Å². The van der Waals surface area contributed by atoms with Crippen molar-refractivity contribution in [2.75, 3.05) is 38.1 Å². The molecule has 0 spiro atoms.